The second-order valence-electron chi connectivity index (χ2n) is 2.25. The maximum atomic E-state index is 5.44. The van der Waals surface area contributed by atoms with Gasteiger partial charge in [0, 0.05) is 0 Å². The lowest BCUT2D eigenvalue weighted by molar-refractivity contribution is 0.916. The summed E-state index contributed by atoms with van der Waals surface area (Å²) in [6, 6.07) is 0. The first-order valence-electron chi connectivity index (χ1n) is 3.85. The standard InChI is InChI=1S/C4H2Cl3N3.C3H3N3/c5-4(6,7)3-9-1-8-2-10-3;1-4-2-6-3-5-1/h1-2H;1-3H. The van der Waals surface area contributed by atoms with Gasteiger partial charge in [0.05, 0.1) is 0 Å². The van der Waals surface area contributed by atoms with Crippen molar-refractivity contribution in [3.8, 4) is 0 Å². The van der Waals surface area contributed by atoms with Crippen LogP contribution in [0.25, 0.3) is 0 Å². The third-order valence-electron chi connectivity index (χ3n) is 1.15. The molecule has 84 valence electrons. The van der Waals surface area contributed by atoms with E-state index < -0.39 is 3.79 Å². The number of alkyl halides is 3. The summed E-state index contributed by atoms with van der Waals surface area (Å²) in [4.78, 5) is 21.5. The van der Waals surface area contributed by atoms with Crippen molar-refractivity contribution >= 4 is 34.8 Å². The molecule has 0 unspecified atom stereocenters. The van der Waals surface area contributed by atoms with Gasteiger partial charge in [-0.1, -0.05) is 34.8 Å². The summed E-state index contributed by atoms with van der Waals surface area (Å²) >= 11 is 16.3. The first-order valence-corrected chi connectivity index (χ1v) is 4.98. The van der Waals surface area contributed by atoms with Crippen LogP contribution in [0, 0.1) is 0 Å². The summed E-state index contributed by atoms with van der Waals surface area (Å²) < 4.78 is -1.55. The Hall–Kier alpha value is -1.11. The van der Waals surface area contributed by atoms with Gasteiger partial charge in [-0.25, -0.2) is 29.9 Å². The monoisotopic (exact) mass is 278 g/mol. The van der Waals surface area contributed by atoms with Gasteiger partial charge in [-0.05, 0) is 0 Å². The van der Waals surface area contributed by atoms with E-state index in [1.165, 1.54) is 31.6 Å². The average molecular weight is 280 g/mol. The molecular formula is C7H5Cl3N6. The molecule has 2 rings (SSSR count). The van der Waals surface area contributed by atoms with Crippen molar-refractivity contribution in [1.29, 1.82) is 0 Å². The zero-order chi connectivity index (χ0) is 11.9. The number of halogens is 3. The Bertz CT molecular complexity index is 365. The molecule has 0 saturated heterocycles. The van der Waals surface area contributed by atoms with E-state index in [4.69, 9.17) is 34.8 Å². The molecule has 0 aliphatic carbocycles. The molecule has 6 nitrogen and oxygen atoms in total. The van der Waals surface area contributed by atoms with Gasteiger partial charge >= 0.3 is 0 Å². The first-order chi connectivity index (χ1) is 7.61. The van der Waals surface area contributed by atoms with Crippen molar-refractivity contribution in [2.24, 2.45) is 0 Å². The highest BCUT2D eigenvalue weighted by atomic mass is 35.6. The fraction of sp³-hybridized carbons (Fsp3) is 0.143. The highest BCUT2D eigenvalue weighted by molar-refractivity contribution is 6.66. The van der Waals surface area contributed by atoms with Crippen LogP contribution in [0.3, 0.4) is 0 Å². The first kappa shape index (κ1) is 13.0. The van der Waals surface area contributed by atoms with E-state index in [0.717, 1.165) is 0 Å². The third kappa shape index (κ3) is 5.11. The lowest BCUT2D eigenvalue weighted by atomic mass is 10.7. The van der Waals surface area contributed by atoms with E-state index in [1.807, 2.05) is 0 Å². The number of hydrogen-bond acceptors (Lipinski definition) is 6. The fourth-order valence-electron chi connectivity index (χ4n) is 0.590. The minimum absolute atomic E-state index is 0.132. The van der Waals surface area contributed by atoms with Gasteiger partial charge in [0.15, 0.2) is 5.82 Å². The van der Waals surface area contributed by atoms with Gasteiger partial charge in [-0.15, -0.1) is 0 Å². The minimum atomic E-state index is -1.55. The number of hydrogen-bond donors (Lipinski definition) is 0. The molecule has 0 radical (unpaired) electrons. The molecule has 2 aromatic heterocycles. The molecule has 0 aliphatic rings. The fourth-order valence-corrected chi connectivity index (χ4v) is 0.883. The number of nitrogens with zero attached hydrogens (tertiary/aromatic N) is 6. The van der Waals surface area contributed by atoms with E-state index in [0.29, 0.717) is 0 Å². The Kier molecular flexibility index (Phi) is 5.24. The molecule has 9 heteroatoms. The molecule has 0 saturated carbocycles. The third-order valence-corrected chi connectivity index (χ3v) is 1.65. The van der Waals surface area contributed by atoms with E-state index in [2.05, 4.69) is 29.9 Å². The van der Waals surface area contributed by atoms with E-state index in [1.54, 1.807) is 0 Å². The molecule has 0 N–H and O–H groups in total. The quantitative estimate of drug-likeness (QED) is 0.681. The van der Waals surface area contributed by atoms with Gasteiger partial charge in [-0.3, -0.25) is 0 Å². The van der Waals surface area contributed by atoms with Gasteiger partial charge in [0.25, 0.3) is 0 Å². The van der Waals surface area contributed by atoms with Crippen molar-refractivity contribution in [3.05, 3.63) is 37.5 Å². The smallest absolute Gasteiger partial charge is 0.225 e. The molecule has 0 fully saturated rings. The maximum Gasteiger partial charge on any atom is 0.250 e. The van der Waals surface area contributed by atoms with Crippen LogP contribution in [0.5, 0.6) is 0 Å². The van der Waals surface area contributed by atoms with E-state index in [-0.39, 0.29) is 5.82 Å². The Morgan fingerprint density at radius 1 is 0.688 bits per heavy atom. The summed E-state index contributed by atoms with van der Waals surface area (Å²) in [5.41, 5.74) is 0. The van der Waals surface area contributed by atoms with Crippen molar-refractivity contribution in [2.75, 3.05) is 0 Å². The topological polar surface area (TPSA) is 77.3 Å². The van der Waals surface area contributed by atoms with Gasteiger partial charge in [0.1, 0.15) is 31.6 Å². The minimum Gasteiger partial charge on any atom is -0.225 e. The lowest BCUT2D eigenvalue weighted by Gasteiger charge is -2.05. The molecule has 0 aromatic carbocycles. The van der Waals surface area contributed by atoms with Gasteiger partial charge in [0.2, 0.25) is 3.79 Å². The van der Waals surface area contributed by atoms with Crippen LogP contribution in [-0.2, 0) is 3.79 Å². The van der Waals surface area contributed by atoms with E-state index >= 15 is 0 Å². The zero-order valence-electron chi connectivity index (χ0n) is 7.70. The van der Waals surface area contributed by atoms with Crippen LogP contribution in [0.15, 0.2) is 31.6 Å². The summed E-state index contributed by atoms with van der Waals surface area (Å²) in [5.74, 6) is 0.132. The number of aromatic nitrogens is 6. The molecular weight excluding hydrogens is 274 g/mol. The van der Waals surface area contributed by atoms with Crippen molar-refractivity contribution in [1.82, 2.24) is 29.9 Å². The van der Waals surface area contributed by atoms with Crippen LogP contribution in [0.4, 0.5) is 0 Å². The van der Waals surface area contributed by atoms with Crippen LogP contribution in [-0.4, -0.2) is 29.9 Å². The van der Waals surface area contributed by atoms with Crippen molar-refractivity contribution < 1.29 is 0 Å². The average Bonchev–Trinajstić information content (AvgIpc) is 2.32. The largest absolute Gasteiger partial charge is 0.250 e. The predicted molar refractivity (Wildman–Crippen MR) is 58.9 cm³/mol. The molecule has 2 heterocycles. The SMILES string of the molecule is ClC(Cl)(Cl)c1ncncn1.c1ncncn1. The zero-order valence-corrected chi connectivity index (χ0v) is 9.97. The molecule has 2 aromatic rings. The molecule has 0 amide bonds. The molecule has 0 atom stereocenters. The van der Waals surface area contributed by atoms with Crippen LogP contribution < -0.4 is 0 Å². The summed E-state index contributed by atoms with van der Waals surface area (Å²) in [6.07, 6.45) is 6.85. The highest BCUT2D eigenvalue weighted by Gasteiger charge is 2.25. The van der Waals surface area contributed by atoms with Gasteiger partial charge < -0.3 is 0 Å². The Morgan fingerprint density at radius 2 is 1.06 bits per heavy atom. The summed E-state index contributed by atoms with van der Waals surface area (Å²) in [6.45, 7) is 0. The van der Waals surface area contributed by atoms with Crippen molar-refractivity contribution in [3.63, 3.8) is 0 Å². The van der Waals surface area contributed by atoms with Crippen LogP contribution in [0.2, 0.25) is 0 Å². The molecule has 0 bridgehead atoms. The maximum absolute atomic E-state index is 5.44. The molecule has 16 heavy (non-hydrogen) atoms. The van der Waals surface area contributed by atoms with Crippen LogP contribution >= 0.6 is 34.8 Å². The Labute approximate surface area is 106 Å². The van der Waals surface area contributed by atoms with Gasteiger partial charge in [-0.2, -0.15) is 0 Å². The van der Waals surface area contributed by atoms with E-state index in [9.17, 15) is 0 Å². The highest BCUT2D eigenvalue weighted by Crippen LogP contribution is 2.34. The predicted octanol–water partition coefficient (Wildman–Crippen LogP) is 1.57. The molecule has 0 aliphatic heterocycles. The summed E-state index contributed by atoms with van der Waals surface area (Å²) in [5, 5.41) is 0. The second-order valence-corrected chi connectivity index (χ2v) is 4.53. The molecule has 0 spiro atoms. The summed E-state index contributed by atoms with van der Waals surface area (Å²) in [7, 11) is 0. The normalized spacial score (nSPS) is 10.2. The van der Waals surface area contributed by atoms with Crippen molar-refractivity contribution in [2.45, 2.75) is 3.79 Å². The Balaban J connectivity index is 0.000000181. The number of rotatable bonds is 0. The second kappa shape index (κ2) is 6.47. The Morgan fingerprint density at radius 3 is 1.31 bits per heavy atom. The lowest BCUT2D eigenvalue weighted by Crippen LogP contribution is -2.06. The van der Waals surface area contributed by atoms with Crippen LogP contribution in [0.1, 0.15) is 5.82 Å².